The normalized spacial score (nSPS) is 22.5. The maximum absolute atomic E-state index is 14.6. The summed E-state index contributed by atoms with van der Waals surface area (Å²) in [5.41, 5.74) is -5.92. The molecule has 30 heavy (non-hydrogen) atoms. The monoisotopic (exact) mass is 505 g/mol. The van der Waals surface area contributed by atoms with Gasteiger partial charge in [0.2, 0.25) is 0 Å². The Kier molecular flexibility index (Phi) is 5.92. The van der Waals surface area contributed by atoms with E-state index in [2.05, 4.69) is 0 Å². The van der Waals surface area contributed by atoms with Crippen molar-refractivity contribution in [1.82, 2.24) is 4.72 Å². The molecule has 0 atom stereocenters. The summed E-state index contributed by atoms with van der Waals surface area (Å²) in [7, 11) is -10.1. The lowest BCUT2D eigenvalue weighted by Gasteiger charge is -2.47. The first-order chi connectivity index (χ1) is 13.7. The van der Waals surface area contributed by atoms with Crippen molar-refractivity contribution in [1.29, 1.82) is 0 Å². The van der Waals surface area contributed by atoms with Crippen LogP contribution in [0.4, 0.5) is 17.6 Å². The molecule has 1 N–H and O–H groups in total. The van der Waals surface area contributed by atoms with Crippen molar-refractivity contribution in [3.8, 4) is 0 Å². The van der Waals surface area contributed by atoms with Crippen LogP contribution < -0.4 is 4.72 Å². The molecule has 1 aliphatic carbocycles. The topological polar surface area (TPSA) is 80.3 Å². The first kappa shape index (κ1) is 23.3. The molecule has 0 heterocycles. The summed E-state index contributed by atoms with van der Waals surface area (Å²) in [6.45, 7) is 0. The van der Waals surface area contributed by atoms with Crippen LogP contribution in [0.1, 0.15) is 18.4 Å². The van der Waals surface area contributed by atoms with Gasteiger partial charge in [0.1, 0.15) is 10.6 Å². The molecule has 0 amide bonds. The highest BCUT2D eigenvalue weighted by molar-refractivity contribution is 7.92. The molecule has 0 unspecified atom stereocenters. The molecule has 0 radical (unpaired) electrons. The van der Waals surface area contributed by atoms with Crippen molar-refractivity contribution >= 4 is 43.1 Å². The molecule has 0 spiro atoms. The Balaban J connectivity index is 2.07. The minimum Gasteiger partial charge on any atom is -0.223 e. The Morgan fingerprint density at radius 1 is 0.933 bits per heavy atom. The summed E-state index contributed by atoms with van der Waals surface area (Å²) in [5, 5.41) is 0.248. The minimum absolute atomic E-state index is 0.0106. The molecule has 0 bridgehead atoms. The number of benzene rings is 2. The van der Waals surface area contributed by atoms with Gasteiger partial charge in [0.25, 0.3) is 0 Å². The molecule has 2 aromatic rings. The van der Waals surface area contributed by atoms with E-state index in [1.54, 1.807) is 0 Å². The van der Waals surface area contributed by atoms with Gasteiger partial charge in [-0.05, 0) is 55.3 Å². The third-order valence-corrected chi connectivity index (χ3v) is 9.05. The molecule has 1 saturated carbocycles. The summed E-state index contributed by atoms with van der Waals surface area (Å²) in [6, 6.07) is 6.74. The van der Waals surface area contributed by atoms with Gasteiger partial charge >= 0.3 is 15.5 Å². The summed E-state index contributed by atoms with van der Waals surface area (Å²) >= 11 is 11.7. The Labute approximate surface area is 180 Å². The van der Waals surface area contributed by atoms with Gasteiger partial charge in [-0.15, -0.1) is 0 Å². The van der Waals surface area contributed by atoms with Crippen LogP contribution in [0, 0.1) is 5.82 Å². The van der Waals surface area contributed by atoms with Gasteiger partial charge in [-0.2, -0.15) is 13.2 Å². The third-order valence-electron chi connectivity index (χ3n) is 4.84. The number of rotatable bonds is 5. The number of sulfonamides is 1. The van der Waals surface area contributed by atoms with Crippen molar-refractivity contribution in [2.75, 3.05) is 0 Å². The van der Waals surface area contributed by atoms with Crippen molar-refractivity contribution in [3.63, 3.8) is 0 Å². The fraction of sp³-hybridized carbons (Fsp3) is 0.294. The summed E-state index contributed by atoms with van der Waals surface area (Å²) in [6.07, 6.45) is -1.24. The van der Waals surface area contributed by atoms with Crippen LogP contribution in [0.2, 0.25) is 10.0 Å². The van der Waals surface area contributed by atoms with Crippen LogP contribution >= 0.6 is 23.2 Å². The van der Waals surface area contributed by atoms with Crippen molar-refractivity contribution in [3.05, 3.63) is 63.9 Å². The first-order valence-electron chi connectivity index (χ1n) is 8.24. The Bertz CT molecular complexity index is 1180. The maximum atomic E-state index is 14.6. The molecule has 0 aliphatic heterocycles. The van der Waals surface area contributed by atoms with Crippen LogP contribution in [0.3, 0.4) is 0 Å². The SMILES string of the molecule is O=S(=O)(N[C@H]1C[C@@](c2cc(Cl)ccc2F)(S(=O)(=O)c2ccc(Cl)cc2)C1)C(F)(F)F. The van der Waals surface area contributed by atoms with Crippen molar-refractivity contribution in [2.24, 2.45) is 0 Å². The predicted molar refractivity (Wildman–Crippen MR) is 103 cm³/mol. The third kappa shape index (κ3) is 3.93. The van der Waals surface area contributed by atoms with Gasteiger partial charge < -0.3 is 0 Å². The lowest BCUT2D eigenvalue weighted by atomic mass is 9.75. The maximum Gasteiger partial charge on any atom is 0.511 e. The number of sulfone groups is 1. The van der Waals surface area contributed by atoms with Gasteiger partial charge in [0.05, 0.1) is 4.90 Å². The molecule has 13 heteroatoms. The van der Waals surface area contributed by atoms with Crippen LogP contribution in [-0.2, 0) is 24.6 Å². The standard InChI is InChI=1S/C17H13Cl2F4NO4S2/c18-10-1-4-13(5-2-10)29(25,26)16(14-7-11(19)3-6-15(14)20)8-12(9-16)24-30(27,28)17(21,22)23/h1-7,12,24H,8-9H2/t12-,16+. The first-order valence-corrected chi connectivity index (χ1v) is 12.0. The molecule has 2 aromatic carbocycles. The van der Waals surface area contributed by atoms with Gasteiger partial charge in [-0.3, -0.25) is 0 Å². The Morgan fingerprint density at radius 2 is 1.47 bits per heavy atom. The minimum atomic E-state index is -5.71. The van der Waals surface area contributed by atoms with E-state index in [0.717, 1.165) is 12.1 Å². The fourth-order valence-corrected chi connectivity index (χ4v) is 6.65. The summed E-state index contributed by atoms with van der Waals surface area (Å²) in [5.74, 6) is -0.936. The molecule has 164 valence electrons. The van der Waals surface area contributed by atoms with E-state index in [1.165, 1.54) is 35.1 Å². The zero-order valence-corrected chi connectivity index (χ0v) is 17.9. The quantitative estimate of drug-likeness (QED) is 0.610. The van der Waals surface area contributed by atoms with E-state index in [4.69, 9.17) is 23.2 Å². The zero-order chi connectivity index (χ0) is 22.5. The molecule has 5 nitrogen and oxygen atoms in total. The van der Waals surface area contributed by atoms with E-state index < -0.39 is 54.8 Å². The number of nitrogens with one attached hydrogen (secondary N) is 1. The van der Waals surface area contributed by atoms with Crippen LogP contribution in [0.25, 0.3) is 0 Å². The number of halogens is 6. The fourth-order valence-electron chi connectivity index (χ4n) is 3.38. The van der Waals surface area contributed by atoms with Gasteiger partial charge in [0.15, 0.2) is 9.84 Å². The molecule has 3 rings (SSSR count). The Hall–Kier alpha value is -1.40. The largest absolute Gasteiger partial charge is 0.511 e. The number of hydrogen-bond acceptors (Lipinski definition) is 4. The highest BCUT2D eigenvalue weighted by Crippen LogP contribution is 2.52. The van der Waals surface area contributed by atoms with Gasteiger partial charge in [-0.25, -0.2) is 25.9 Å². The van der Waals surface area contributed by atoms with E-state index in [1.807, 2.05) is 0 Å². The van der Waals surface area contributed by atoms with Crippen LogP contribution in [0.15, 0.2) is 47.4 Å². The van der Waals surface area contributed by atoms with Crippen molar-refractivity contribution < 1.29 is 34.4 Å². The number of alkyl halides is 3. The molecule has 1 fully saturated rings. The predicted octanol–water partition coefficient (Wildman–Crippen LogP) is 4.40. The zero-order valence-electron chi connectivity index (χ0n) is 14.8. The molecular formula is C17H13Cl2F4NO4S2. The summed E-state index contributed by atoms with van der Waals surface area (Å²) in [4.78, 5) is -0.247. The smallest absolute Gasteiger partial charge is 0.223 e. The second-order valence-corrected chi connectivity index (χ2v) is 11.6. The van der Waals surface area contributed by atoms with E-state index in [-0.39, 0.29) is 20.5 Å². The van der Waals surface area contributed by atoms with Gasteiger partial charge in [-0.1, -0.05) is 23.2 Å². The molecule has 0 aromatic heterocycles. The molecule has 0 saturated heterocycles. The average molecular weight is 506 g/mol. The summed E-state index contributed by atoms with van der Waals surface area (Å²) < 4.78 is 101. The van der Waals surface area contributed by atoms with E-state index in [9.17, 15) is 34.4 Å². The average Bonchev–Trinajstić information content (AvgIpc) is 2.59. The van der Waals surface area contributed by atoms with E-state index in [0.29, 0.717) is 0 Å². The van der Waals surface area contributed by atoms with E-state index >= 15 is 0 Å². The van der Waals surface area contributed by atoms with Crippen LogP contribution in [0.5, 0.6) is 0 Å². The van der Waals surface area contributed by atoms with Crippen LogP contribution in [-0.4, -0.2) is 28.4 Å². The highest BCUT2D eigenvalue weighted by atomic mass is 35.5. The number of hydrogen-bond donors (Lipinski definition) is 1. The Morgan fingerprint density at radius 3 is 2.00 bits per heavy atom. The second kappa shape index (κ2) is 7.63. The van der Waals surface area contributed by atoms with Gasteiger partial charge in [0, 0.05) is 21.7 Å². The highest BCUT2D eigenvalue weighted by Gasteiger charge is 2.59. The lowest BCUT2D eigenvalue weighted by molar-refractivity contribution is -0.0455. The van der Waals surface area contributed by atoms with Crippen molar-refractivity contribution in [2.45, 2.75) is 34.0 Å². The lowest BCUT2D eigenvalue weighted by Crippen LogP contribution is -2.58. The second-order valence-electron chi connectivity index (χ2n) is 6.75. The molecule has 1 aliphatic rings. The molecular weight excluding hydrogens is 493 g/mol.